The number of fused-ring (bicyclic) bond motifs is 4. The molecule has 33 heavy (non-hydrogen) atoms. The second-order valence-corrected chi connectivity index (χ2v) is 14.4. The number of hydrogen-bond acceptors (Lipinski definition) is 4. The van der Waals surface area contributed by atoms with Gasteiger partial charge in [0.1, 0.15) is 18.6 Å². The third-order valence-electron chi connectivity index (χ3n) is 7.03. The summed E-state index contributed by atoms with van der Waals surface area (Å²) in [7, 11) is -1.22. The van der Waals surface area contributed by atoms with E-state index in [1.54, 1.807) is 0 Å². The number of rotatable bonds is 4. The van der Waals surface area contributed by atoms with Gasteiger partial charge in [-0.05, 0) is 53.2 Å². The molecule has 2 aromatic carbocycles. The molecule has 3 aromatic rings. The molecule has 1 N–H and O–H groups in total. The SMILES string of the molecule is CC(C)(C)S(C)(C)c1c2c(nc3ccc(OCc4ccccc4)cc13)C1=CC=CC(O)N1C2. The summed E-state index contributed by atoms with van der Waals surface area (Å²) in [5.74, 6) is 0.857. The number of allylic oxidation sites excluding steroid dienone is 2. The van der Waals surface area contributed by atoms with Gasteiger partial charge in [0.25, 0.3) is 0 Å². The predicted octanol–water partition coefficient (Wildman–Crippen LogP) is 6.08. The predicted molar refractivity (Wildman–Crippen MR) is 139 cm³/mol. The zero-order chi connectivity index (χ0) is 23.4. The summed E-state index contributed by atoms with van der Waals surface area (Å²) < 4.78 is 6.30. The van der Waals surface area contributed by atoms with Crippen molar-refractivity contribution in [2.45, 2.75) is 49.8 Å². The van der Waals surface area contributed by atoms with E-state index < -0.39 is 16.3 Å². The summed E-state index contributed by atoms with van der Waals surface area (Å²) in [4.78, 5) is 8.52. The van der Waals surface area contributed by atoms with Gasteiger partial charge in [0.15, 0.2) is 0 Å². The van der Waals surface area contributed by atoms with Gasteiger partial charge in [-0.3, -0.25) is 0 Å². The minimum atomic E-state index is -1.22. The summed E-state index contributed by atoms with van der Waals surface area (Å²) >= 11 is 0. The van der Waals surface area contributed by atoms with Crippen LogP contribution in [0.3, 0.4) is 0 Å². The molecule has 172 valence electrons. The van der Waals surface area contributed by atoms with Gasteiger partial charge < -0.3 is 14.7 Å². The van der Waals surface area contributed by atoms with E-state index in [9.17, 15) is 5.11 Å². The molecule has 1 atom stereocenters. The van der Waals surface area contributed by atoms with Gasteiger partial charge in [-0.1, -0.05) is 57.2 Å². The van der Waals surface area contributed by atoms with Gasteiger partial charge in [-0.15, -0.1) is 0 Å². The third kappa shape index (κ3) is 3.73. The van der Waals surface area contributed by atoms with Crippen LogP contribution in [0.4, 0.5) is 0 Å². The fourth-order valence-corrected chi connectivity index (χ4v) is 6.59. The van der Waals surface area contributed by atoms with Gasteiger partial charge in [0.05, 0.1) is 16.9 Å². The maximum atomic E-state index is 10.6. The van der Waals surface area contributed by atoms with Crippen LogP contribution in [0.5, 0.6) is 5.75 Å². The van der Waals surface area contributed by atoms with Crippen molar-refractivity contribution in [3.8, 4) is 5.75 Å². The number of pyridine rings is 1. The van der Waals surface area contributed by atoms with Gasteiger partial charge in [0.2, 0.25) is 0 Å². The summed E-state index contributed by atoms with van der Waals surface area (Å²) in [6.07, 6.45) is 10.0. The minimum Gasteiger partial charge on any atom is -0.489 e. The average Bonchev–Trinajstić information content (AvgIpc) is 3.15. The van der Waals surface area contributed by atoms with Crippen molar-refractivity contribution in [2.75, 3.05) is 12.5 Å². The number of benzene rings is 2. The van der Waals surface area contributed by atoms with Gasteiger partial charge in [-0.25, -0.2) is 15.0 Å². The molecule has 0 saturated carbocycles. The average molecular weight is 461 g/mol. The topological polar surface area (TPSA) is 45.6 Å². The highest BCUT2D eigenvalue weighted by Gasteiger charge is 2.39. The molecular formula is C28H32N2O2S. The van der Waals surface area contributed by atoms with Crippen LogP contribution in [-0.2, 0) is 13.2 Å². The molecule has 0 bridgehead atoms. The Labute approximate surface area is 197 Å². The molecule has 4 nitrogen and oxygen atoms in total. The van der Waals surface area contributed by atoms with Crippen molar-refractivity contribution in [3.05, 3.63) is 83.6 Å². The van der Waals surface area contributed by atoms with Crippen molar-refractivity contribution in [2.24, 2.45) is 0 Å². The highest BCUT2D eigenvalue weighted by Crippen LogP contribution is 2.64. The van der Waals surface area contributed by atoms with Crippen LogP contribution < -0.4 is 4.74 Å². The minimum absolute atomic E-state index is 0.101. The number of ether oxygens (including phenoxy) is 1. The van der Waals surface area contributed by atoms with Gasteiger partial charge in [-0.2, -0.15) is 0 Å². The number of hydrogen-bond donors (Lipinski definition) is 1. The summed E-state index contributed by atoms with van der Waals surface area (Å²) in [6, 6.07) is 16.5. The Balaban J connectivity index is 1.67. The Morgan fingerprint density at radius 2 is 1.88 bits per heavy atom. The van der Waals surface area contributed by atoms with Crippen LogP contribution in [0, 0.1) is 0 Å². The quantitative estimate of drug-likeness (QED) is 0.512. The molecular weight excluding hydrogens is 428 g/mol. The summed E-state index contributed by atoms with van der Waals surface area (Å²) in [6.45, 7) is 8.19. The molecule has 3 heterocycles. The molecule has 5 rings (SSSR count). The molecule has 2 aliphatic rings. The largest absolute Gasteiger partial charge is 0.489 e. The van der Waals surface area contributed by atoms with E-state index >= 15 is 0 Å². The van der Waals surface area contributed by atoms with E-state index in [1.807, 2.05) is 41.3 Å². The van der Waals surface area contributed by atoms with Crippen LogP contribution in [-0.4, -0.2) is 38.5 Å². The fourth-order valence-electron chi connectivity index (χ4n) is 4.48. The van der Waals surface area contributed by atoms with E-state index in [4.69, 9.17) is 9.72 Å². The molecule has 1 aromatic heterocycles. The zero-order valence-corrected chi connectivity index (χ0v) is 20.8. The van der Waals surface area contributed by atoms with Gasteiger partial charge in [0, 0.05) is 22.4 Å². The van der Waals surface area contributed by atoms with E-state index in [0.717, 1.165) is 33.6 Å². The first kappa shape index (κ1) is 22.1. The van der Waals surface area contributed by atoms with Crippen LogP contribution in [0.15, 0.2) is 71.7 Å². The Morgan fingerprint density at radius 1 is 1.12 bits per heavy atom. The molecule has 1 unspecified atom stereocenters. The third-order valence-corrected chi connectivity index (χ3v) is 11.6. The highest BCUT2D eigenvalue weighted by atomic mass is 32.3. The first-order valence-electron chi connectivity index (χ1n) is 11.4. The number of aliphatic hydroxyl groups excluding tert-OH is 1. The van der Waals surface area contributed by atoms with E-state index in [-0.39, 0.29) is 4.75 Å². The Morgan fingerprint density at radius 3 is 2.61 bits per heavy atom. The number of nitrogens with zero attached hydrogens (tertiary/aromatic N) is 2. The van der Waals surface area contributed by atoms with Crippen LogP contribution in [0.25, 0.3) is 16.6 Å². The second-order valence-electron chi connectivity index (χ2n) is 10.1. The standard InChI is InChI=1S/C28H32N2O2S/c1-28(2,3)33(4,5)27-21-16-20(32-18-19-10-7-6-8-11-19)14-15-23(21)29-26-22(27)17-30-24(26)12-9-13-25(30)31/h6-16,25,31H,17-18H2,1-5H3. The van der Waals surface area contributed by atoms with Crippen molar-refractivity contribution >= 4 is 26.6 Å². The van der Waals surface area contributed by atoms with Crippen LogP contribution in [0.1, 0.15) is 37.6 Å². The molecule has 5 heteroatoms. The van der Waals surface area contributed by atoms with E-state index in [1.165, 1.54) is 10.5 Å². The second kappa shape index (κ2) is 7.93. The molecule has 0 aliphatic carbocycles. The number of aliphatic hydroxyl groups is 1. The molecule has 2 aliphatic heterocycles. The maximum absolute atomic E-state index is 10.6. The van der Waals surface area contributed by atoms with Crippen molar-refractivity contribution in [1.82, 2.24) is 9.88 Å². The first-order chi connectivity index (χ1) is 15.7. The zero-order valence-electron chi connectivity index (χ0n) is 20.0. The fraction of sp³-hybridized carbons (Fsp3) is 0.321. The number of aromatic nitrogens is 1. The Hall–Kier alpha value is -2.76. The molecule has 0 radical (unpaired) electrons. The van der Waals surface area contributed by atoms with E-state index in [0.29, 0.717) is 13.2 Å². The lowest BCUT2D eigenvalue weighted by Crippen LogP contribution is -2.29. The normalized spacial score (nSPS) is 18.2. The van der Waals surface area contributed by atoms with Crippen LogP contribution in [0.2, 0.25) is 0 Å². The van der Waals surface area contributed by atoms with Crippen molar-refractivity contribution < 1.29 is 9.84 Å². The maximum Gasteiger partial charge on any atom is 0.146 e. The molecule has 0 saturated heterocycles. The Bertz CT molecular complexity index is 1270. The van der Waals surface area contributed by atoms with Crippen LogP contribution >= 0.6 is 10.0 Å². The summed E-state index contributed by atoms with van der Waals surface area (Å²) in [5.41, 5.74) is 5.38. The lowest BCUT2D eigenvalue weighted by molar-refractivity contribution is 0.0861. The van der Waals surface area contributed by atoms with Crippen molar-refractivity contribution in [3.63, 3.8) is 0 Å². The van der Waals surface area contributed by atoms with Gasteiger partial charge >= 0.3 is 0 Å². The summed E-state index contributed by atoms with van der Waals surface area (Å²) in [5, 5.41) is 11.8. The lowest BCUT2D eigenvalue weighted by atomic mass is 10.1. The molecule has 0 amide bonds. The molecule has 0 spiro atoms. The van der Waals surface area contributed by atoms with E-state index in [2.05, 4.69) is 63.6 Å². The lowest BCUT2D eigenvalue weighted by Gasteiger charge is -2.46. The smallest absolute Gasteiger partial charge is 0.146 e. The first-order valence-corrected chi connectivity index (χ1v) is 13.8. The molecule has 0 fully saturated rings. The highest BCUT2D eigenvalue weighted by molar-refractivity contribution is 8.33. The Kier molecular flexibility index (Phi) is 5.30. The monoisotopic (exact) mass is 460 g/mol. The van der Waals surface area contributed by atoms with Crippen molar-refractivity contribution in [1.29, 1.82) is 0 Å².